The lowest BCUT2D eigenvalue weighted by atomic mass is 10.2. The topological polar surface area (TPSA) is 65.5 Å². The SMILES string of the molecule is COc1cc2ncnc(Nc3ccc(OCc4ccccc4)c(F)c3)c2cc1OC. The quantitative estimate of drug-likeness (QED) is 0.461. The zero-order valence-corrected chi connectivity index (χ0v) is 16.6. The van der Waals surface area contributed by atoms with Crippen LogP contribution < -0.4 is 19.5 Å². The van der Waals surface area contributed by atoms with Gasteiger partial charge in [-0.2, -0.15) is 0 Å². The zero-order valence-electron chi connectivity index (χ0n) is 16.6. The predicted molar refractivity (Wildman–Crippen MR) is 113 cm³/mol. The fourth-order valence-corrected chi connectivity index (χ4v) is 3.05. The molecule has 0 unspecified atom stereocenters. The fraction of sp³-hybridized carbons (Fsp3) is 0.130. The van der Waals surface area contributed by atoms with Crippen molar-refractivity contribution in [1.82, 2.24) is 9.97 Å². The van der Waals surface area contributed by atoms with E-state index in [1.54, 1.807) is 38.5 Å². The van der Waals surface area contributed by atoms with Gasteiger partial charge in [0.1, 0.15) is 18.8 Å². The van der Waals surface area contributed by atoms with Gasteiger partial charge in [-0.3, -0.25) is 0 Å². The molecule has 0 aliphatic rings. The number of aromatic nitrogens is 2. The van der Waals surface area contributed by atoms with Crippen LogP contribution >= 0.6 is 0 Å². The second-order valence-electron chi connectivity index (χ2n) is 6.49. The van der Waals surface area contributed by atoms with Crippen LogP contribution in [0, 0.1) is 5.82 Å². The molecule has 1 aromatic heterocycles. The third-order valence-electron chi connectivity index (χ3n) is 4.57. The Morgan fingerprint density at radius 2 is 1.63 bits per heavy atom. The normalized spacial score (nSPS) is 10.6. The smallest absolute Gasteiger partial charge is 0.167 e. The average Bonchev–Trinajstić information content (AvgIpc) is 2.78. The Hall–Kier alpha value is -3.87. The van der Waals surface area contributed by atoms with Gasteiger partial charge in [0.25, 0.3) is 0 Å². The molecule has 30 heavy (non-hydrogen) atoms. The van der Waals surface area contributed by atoms with Gasteiger partial charge >= 0.3 is 0 Å². The first-order valence-corrected chi connectivity index (χ1v) is 9.28. The number of halogens is 1. The Balaban J connectivity index is 1.57. The van der Waals surface area contributed by atoms with Crippen molar-refractivity contribution in [3.8, 4) is 17.2 Å². The highest BCUT2D eigenvalue weighted by Crippen LogP contribution is 2.34. The number of ether oxygens (including phenoxy) is 3. The van der Waals surface area contributed by atoms with Crippen molar-refractivity contribution in [2.75, 3.05) is 19.5 Å². The Morgan fingerprint density at radius 1 is 0.867 bits per heavy atom. The summed E-state index contributed by atoms with van der Waals surface area (Å²) in [6, 6.07) is 17.9. The second-order valence-corrected chi connectivity index (χ2v) is 6.49. The molecule has 1 N–H and O–H groups in total. The molecule has 0 saturated carbocycles. The van der Waals surface area contributed by atoms with E-state index in [1.165, 1.54) is 12.4 Å². The number of rotatable bonds is 7. The molecule has 0 radical (unpaired) electrons. The number of nitrogens with zero attached hydrogens (tertiary/aromatic N) is 2. The molecular weight excluding hydrogens is 385 g/mol. The van der Waals surface area contributed by atoms with Gasteiger partial charge in [-0.05, 0) is 23.8 Å². The predicted octanol–water partition coefficient (Wildman–Crippen LogP) is 5.11. The van der Waals surface area contributed by atoms with E-state index in [9.17, 15) is 4.39 Å². The molecule has 152 valence electrons. The number of hydrogen-bond donors (Lipinski definition) is 1. The molecule has 0 spiro atoms. The first-order valence-electron chi connectivity index (χ1n) is 9.28. The Kier molecular flexibility index (Phi) is 5.61. The molecule has 0 atom stereocenters. The number of anilines is 2. The van der Waals surface area contributed by atoms with Crippen LogP contribution in [0.25, 0.3) is 10.9 Å². The number of hydrogen-bond acceptors (Lipinski definition) is 6. The maximum atomic E-state index is 14.6. The first-order chi connectivity index (χ1) is 14.7. The number of nitrogens with one attached hydrogen (secondary N) is 1. The Bertz CT molecular complexity index is 1170. The summed E-state index contributed by atoms with van der Waals surface area (Å²) < 4.78 is 30.8. The summed E-state index contributed by atoms with van der Waals surface area (Å²) >= 11 is 0. The monoisotopic (exact) mass is 405 g/mol. The van der Waals surface area contributed by atoms with Crippen LogP contribution in [0.3, 0.4) is 0 Å². The number of fused-ring (bicyclic) bond motifs is 1. The van der Waals surface area contributed by atoms with Crippen molar-refractivity contribution in [2.24, 2.45) is 0 Å². The van der Waals surface area contributed by atoms with E-state index in [-0.39, 0.29) is 5.75 Å². The van der Waals surface area contributed by atoms with Crippen molar-refractivity contribution in [3.63, 3.8) is 0 Å². The van der Waals surface area contributed by atoms with E-state index in [2.05, 4.69) is 15.3 Å². The molecule has 6 nitrogen and oxygen atoms in total. The van der Waals surface area contributed by atoms with Gasteiger partial charge in [-0.1, -0.05) is 30.3 Å². The van der Waals surface area contributed by atoms with Crippen molar-refractivity contribution in [3.05, 3.63) is 78.4 Å². The largest absolute Gasteiger partial charge is 0.493 e. The fourth-order valence-electron chi connectivity index (χ4n) is 3.05. The van der Waals surface area contributed by atoms with Gasteiger partial charge in [-0.25, -0.2) is 14.4 Å². The second kappa shape index (κ2) is 8.65. The minimum atomic E-state index is -0.464. The van der Waals surface area contributed by atoms with E-state index in [1.807, 2.05) is 30.3 Å². The molecule has 0 saturated heterocycles. The van der Waals surface area contributed by atoms with Crippen LogP contribution in [0.4, 0.5) is 15.9 Å². The zero-order chi connectivity index (χ0) is 20.9. The summed E-state index contributed by atoms with van der Waals surface area (Å²) in [4.78, 5) is 8.56. The van der Waals surface area contributed by atoms with Gasteiger partial charge in [0.05, 0.1) is 19.7 Å². The maximum absolute atomic E-state index is 14.6. The summed E-state index contributed by atoms with van der Waals surface area (Å²) in [5, 5.41) is 3.86. The molecule has 4 aromatic rings. The summed E-state index contributed by atoms with van der Waals surface area (Å²) in [6.07, 6.45) is 1.43. The molecule has 4 rings (SSSR count). The highest BCUT2D eigenvalue weighted by Gasteiger charge is 2.12. The van der Waals surface area contributed by atoms with Crippen LogP contribution in [0.15, 0.2) is 67.0 Å². The third-order valence-corrected chi connectivity index (χ3v) is 4.57. The maximum Gasteiger partial charge on any atom is 0.167 e. The average molecular weight is 405 g/mol. The lowest BCUT2D eigenvalue weighted by Gasteiger charge is -2.13. The minimum Gasteiger partial charge on any atom is -0.493 e. The number of methoxy groups -OCH3 is 2. The summed E-state index contributed by atoms with van der Waals surface area (Å²) in [5.74, 6) is 1.37. The molecule has 7 heteroatoms. The standard InChI is InChI=1S/C23H20FN3O3/c1-28-21-11-17-19(12-22(21)29-2)25-14-26-23(17)27-16-8-9-20(18(24)10-16)30-13-15-6-4-3-5-7-15/h3-12,14H,13H2,1-2H3,(H,25,26,27). The molecule has 0 aliphatic carbocycles. The highest BCUT2D eigenvalue weighted by molar-refractivity contribution is 5.93. The Morgan fingerprint density at radius 3 is 2.37 bits per heavy atom. The van der Waals surface area contributed by atoms with Crippen LogP contribution in [0.2, 0.25) is 0 Å². The van der Waals surface area contributed by atoms with E-state index in [4.69, 9.17) is 14.2 Å². The number of benzene rings is 3. The molecule has 1 heterocycles. The van der Waals surface area contributed by atoms with Gasteiger partial charge in [-0.15, -0.1) is 0 Å². The lowest BCUT2D eigenvalue weighted by Crippen LogP contribution is -2.00. The van der Waals surface area contributed by atoms with Crippen LogP contribution in [0.5, 0.6) is 17.2 Å². The molecule has 0 amide bonds. The lowest BCUT2D eigenvalue weighted by molar-refractivity contribution is 0.290. The van der Waals surface area contributed by atoms with Crippen molar-refractivity contribution < 1.29 is 18.6 Å². The van der Waals surface area contributed by atoms with E-state index < -0.39 is 5.82 Å². The molecule has 3 aromatic carbocycles. The molecule has 0 fully saturated rings. The first kappa shape index (κ1) is 19.4. The van der Waals surface area contributed by atoms with Gasteiger partial charge in [0, 0.05) is 23.2 Å². The van der Waals surface area contributed by atoms with Crippen molar-refractivity contribution in [2.45, 2.75) is 6.61 Å². The van der Waals surface area contributed by atoms with Crippen LogP contribution in [0.1, 0.15) is 5.56 Å². The van der Waals surface area contributed by atoms with Crippen molar-refractivity contribution in [1.29, 1.82) is 0 Å². The highest BCUT2D eigenvalue weighted by atomic mass is 19.1. The van der Waals surface area contributed by atoms with E-state index in [0.717, 1.165) is 10.9 Å². The van der Waals surface area contributed by atoms with Crippen molar-refractivity contribution >= 4 is 22.4 Å². The van der Waals surface area contributed by atoms with Gasteiger partial charge in [0.15, 0.2) is 23.1 Å². The van der Waals surface area contributed by atoms with Gasteiger partial charge < -0.3 is 19.5 Å². The summed E-state index contributed by atoms with van der Waals surface area (Å²) in [7, 11) is 3.12. The molecule has 0 aliphatic heterocycles. The van der Waals surface area contributed by atoms with Gasteiger partial charge in [0.2, 0.25) is 0 Å². The van der Waals surface area contributed by atoms with E-state index >= 15 is 0 Å². The molecular formula is C23H20FN3O3. The van der Waals surface area contributed by atoms with E-state index in [0.29, 0.717) is 35.1 Å². The summed E-state index contributed by atoms with van der Waals surface area (Å²) in [5.41, 5.74) is 2.18. The molecule has 0 bridgehead atoms. The summed E-state index contributed by atoms with van der Waals surface area (Å²) in [6.45, 7) is 0.294. The third kappa shape index (κ3) is 4.10. The van der Waals surface area contributed by atoms with Crippen LogP contribution in [-0.2, 0) is 6.61 Å². The minimum absolute atomic E-state index is 0.184. The van der Waals surface area contributed by atoms with Crippen LogP contribution in [-0.4, -0.2) is 24.2 Å². The Labute approximate surface area is 173 Å².